The predicted molar refractivity (Wildman–Crippen MR) is 98.5 cm³/mol. The van der Waals surface area contributed by atoms with Gasteiger partial charge in [0.1, 0.15) is 0 Å². The predicted octanol–water partition coefficient (Wildman–Crippen LogP) is 3.59. The second-order valence-electron chi connectivity index (χ2n) is 5.36. The highest BCUT2D eigenvalue weighted by Crippen LogP contribution is 2.16. The average molecular weight is 343 g/mol. The van der Waals surface area contributed by atoms with Crippen LogP contribution < -0.4 is 5.32 Å². The molecular weight excluding hydrogens is 322 g/mol. The molecule has 0 saturated heterocycles. The molecule has 2 rings (SSSR count). The van der Waals surface area contributed by atoms with Crippen LogP contribution in [0.1, 0.15) is 22.8 Å². The van der Waals surface area contributed by atoms with Gasteiger partial charge in [-0.1, -0.05) is 36.4 Å². The van der Waals surface area contributed by atoms with Gasteiger partial charge >= 0.3 is 5.97 Å². The first-order valence-electron chi connectivity index (χ1n) is 7.87. The van der Waals surface area contributed by atoms with E-state index in [0.29, 0.717) is 30.0 Å². The Morgan fingerprint density at radius 3 is 2.54 bits per heavy atom. The van der Waals surface area contributed by atoms with Crippen molar-refractivity contribution in [2.24, 2.45) is 5.92 Å². The zero-order valence-corrected chi connectivity index (χ0v) is 14.5. The Morgan fingerprint density at radius 2 is 1.88 bits per heavy atom. The SMILES string of the molecule is CCOC(=O)c1cccc(NC(=O)C(CS)Cc2ccccc2)c1. The van der Waals surface area contributed by atoms with Crippen molar-refractivity contribution in [1.29, 1.82) is 0 Å². The molecule has 2 aromatic carbocycles. The molecule has 4 nitrogen and oxygen atoms in total. The normalized spacial score (nSPS) is 11.6. The van der Waals surface area contributed by atoms with E-state index in [-0.39, 0.29) is 11.8 Å². The van der Waals surface area contributed by atoms with E-state index in [4.69, 9.17) is 4.74 Å². The van der Waals surface area contributed by atoms with Crippen LogP contribution >= 0.6 is 12.6 Å². The Kier molecular flexibility index (Phi) is 6.88. The lowest BCUT2D eigenvalue weighted by Gasteiger charge is -2.15. The van der Waals surface area contributed by atoms with Crippen molar-refractivity contribution < 1.29 is 14.3 Å². The molecule has 0 bridgehead atoms. The molecule has 5 heteroatoms. The number of hydrogen-bond donors (Lipinski definition) is 2. The summed E-state index contributed by atoms with van der Waals surface area (Å²) in [5.41, 5.74) is 2.08. The molecule has 1 amide bonds. The number of carbonyl (C=O) groups excluding carboxylic acids is 2. The number of nitrogens with one attached hydrogen (secondary N) is 1. The number of ether oxygens (including phenoxy) is 1. The Morgan fingerprint density at radius 1 is 1.12 bits per heavy atom. The van der Waals surface area contributed by atoms with E-state index in [1.807, 2.05) is 30.3 Å². The van der Waals surface area contributed by atoms with Crippen molar-refractivity contribution in [3.05, 3.63) is 65.7 Å². The summed E-state index contributed by atoms with van der Waals surface area (Å²) < 4.78 is 4.97. The van der Waals surface area contributed by atoms with Crippen molar-refractivity contribution >= 4 is 30.2 Å². The van der Waals surface area contributed by atoms with Crippen LogP contribution in [0.5, 0.6) is 0 Å². The van der Waals surface area contributed by atoms with Crippen LogP contribution in [0.25, 0.3) is 0 Å². The zero-order valence-electron chi connectivity index (χ0n) is 13.6. The van der Waals surface area contributed by atoms with Gasteiger partial charge in [-0.05, 0) is 37.1 Å². The summed E-state index contributed by atoms with van der Waals surface area (Å²) >= 11 is 4.30. The molecule has 126 valence electrons. The van der Waals surface area contributed by atoms with Gasteiger partial charge in [0, 0.05) is 11.4 Å². The molecule has 0 radical (unpaired) electrons. The second-order valence-corrected chi connectivity index (χ2v) is 5.72. The summed E-state index contributed by atoms with van der Waals surface area (Å²) in [5, 5.41) is 2.85. The number of benzene rings is 2. The number of esters is 1. The average Bonchev–Trinajstić information content (AvgIpc) is 2.61. The Bertz CT molecular complexity index is 688. The number of thiol groups is 1. The van der Waals surface area contributed by atoms with Gasteiger partial charge in [0.05, 0.1) is 18.1 Å². The summed E-state index contributed by atoms with van der Waals surface area (Å²) in [4.78, 5) is 24.2. The van der Waals surface area contributed by atoms with Crippen LogP contribution in [0.3, 0.4) is 0 Å². The molecule has 1 N–H and O–H groups in total. The summed E-state index contributed by atoms with van der Waals surface area (Å²) in [6, 6.07) is 16.6. The number of hydrogen-bond acceptors (Lipinski definition) is 4. The zero-order chi connectivity index (χ0) is 17.4. The number of carbonyl (C=O) groups is 2. The minimum Gasteiger partial charge on any atom is -0.462 e. The van der Waals surface area contributed by atoms with E-state index in [2.05, 4.69) is 17.9 Å². The van der Waals surface area contributed by atoms with Crippen molar-refractivity contribution in [2.75, 3.05) is 17.7 Å². The highest BCUT2D eigenvalue weighted by molar-refractivity contribution is 7.80. The van der Waals surface area contributed by atoms with Crippen LogP contribution in [-0.4, -0.2) is 24.2 Å². The molecule has 0 aliphatic heterocycles. The largest absolute Gasteiger partial charge is 0.462 e. The Labute approximate surface area is 147 Å². The highest BCUT2D eigenvalue weighted by atomic mass is 32.1. The van der Waals surface area contributed by atoms with Crippen molar-refractivity contribution in [2.45, 2.75) is 13.3 Å². The van der Waals surface area contributed by atoms with E-state index in [9.17, 15) is 9.59 Å². The molecule has 0 saturated carbocycles. The molecule has 0 heterocycles. The van der Waals surface area contributed by atoms with Crippen molar-refractivity contribution in [1.82, 2.24) is 0 Å². The lowest BCUT2D eigenvalue weighted by molar-refractivity contribution is -0.119. The van der Waals surface area contributed by atoms with Crippen LogP contribution in [0.15, 0.2) is 54.6 Å². The lowest BCUT2D eigenvalue weighted by atomic mass is 10.00. The van der Waals surface area contributed by atoms with E-state index >= 15 is 0 Å². The summed E-state index contributed by atoms with van der Waals surface area (Å²) in [7, 11) is 0. The first kappa shape index (κ1) is 18.1. The third-order valence-corrected chi connectivity index (χ3v) is 4.00. The maximum atomic E-state index is 12.5. The monoisotopic (exact) mass is 343 g/mol. The highest BCUT2D eigenvalue weighted by Gasteiger charge is 2.18. The van der Waals surface area contributed by atoms with E-state index < -0.39 is 5.97 Å². The van der Waals surface area contributed by atoms with Gasteiger partial charge in [-0.15, -0.1) is 0 Å². The van der Waals surface area contributed by atoms with Gasteiger partial charge in [-0.3, -0.25) is 4.79 Å². The molecule has 0 aliphatic carbocycles. The number of amides is 1. The third-order valence-electron chi connectivity index (χ3n) is 3.56. The van der Waals surface area contributed by atoms with Crippen molar-refractivity contribution in [3.63, 3.8) is 0 Å². The maximum absolute atomic E-state index is 12.5. The number of rotatable bonds is 7. The third kappa shape index (κ3) is 5.13. The Hall–Kier alpha value is -2.27. The molecule has 0 spiro atoms. The molecule has 2 aromatic rings. The molecule has 1 atom stereocenters. The summed E-state index contributed by atoms with van der Waals surface area (Å²) in [5.74, 6) is -0.321. The van der Waals surface area contributed by atoms with E-state index in [1.165, 1.54) is 0 Å². The first-order chi connectivity index (χ1) is 11.6. The molecular formula is C19H21NO3S. The van der Waals surface area contributed by atoms with Gasteiger partial charge in [-0.25, -0.2) is 4.79 Å². The Balaban J connectivity index is 2.04. The fraction of sp³-hybridized carbons (Fsp3) is 0.263. The topological polar surface area (TPSA) is 55.4 Å². The van der Waals surface area contributed by atoms with Gasteiger partial charge in [0.25, 0.3) is 0 Å². The van der Waals surface area contributed by atoms with E-state index in [0.717, 1.165) is 5.56 Å². The van der Waals surface area contributed by atoms with Crippen LogP contribution in [0.4, 0.5) is 5.69 Å². The molecule has 1 unspecified atom stereocenters. The summed E-state index contributed by atoms with van der Waals surface area (Å²) in [6.45, 7) is 2.07. The van der Waals surface area contributed by atoms with Crippen LogP contribution in [0, 0.1) is 5.92 Å². The lowest BCUT2D eigenvalue weighted by Crippen LogP contribution is -2.26. The first-order valence-corrected chi connectivity index (χ1v) is 8.50. The van der Waals surface area contributed by atoms with Gasteiger partial charge in [-0.2, -0.15) is 12.6 Å². The maximum Gasteiger partial charge on any atom is 0.338 e. The second kappa shape index (κ2) is 9.13. The minimum atomic E-state index is -0.399. The smallest absolute Gasteiger partial charge is 0.338 e. The minimum absolute atomic E-state index is 0.116. The number of anilines is 1. The fourth-order valence-corrected chi connectivity index (χ4v) is 2.62. The summed E-state index contributed by atoms with van der Waals surface area (Å²) in [6.07, 6.45) is 0.619. The van der Waals surface area contributed by atoms with Crippen LogP contribution in [0.2, 0.25) is 0 Å². The molecule has 0 fully saturated rings. The molecule has 0 aliphatic rings. The van der Waals surface area contributed by atoms with Crippen molar-refractivity contribution in [3.8, 4) is 0 Å². The van der Waals surface area contributed by atoms with Gasteiger partial charge in [0.2, 0.25) is 5.91 Å². The van der Waals surface area contributed by atoms with Gasteiger partial charge < -0.3 is 10.1 Å². The fourth-order valence-electron chi connectivity index (χ4n) is 2.32. The van der Waals surface area contributed by atoms with E-state index in [1.54, 1.807) is 31.2 Å². The molecule has 0 aromatic heterocycles. The van der Waals surface area contributed by atoms with Crippen LogP contribution in [-0.2, 0) is 16.0 Å². The van der Waals surface area contributed by atoms with Gasteiger partial charge in [0.15, 0.2) is 0 Å². The quantitative estimate of drug-likeness (QED) is 0.597. The standard InChI is InChI=1S/C19H21NO3S/c1-2-23-19(22)15-9-6-10-17(12-15)20-18(21)16(13-24)11-14-7-4-3-5-8-14/h3-10,12,16,24H,2,11,13H2,1H3,(H,20,21). The molecule has 24 heavy (non-hydrogen) atoms.